The lowest BCUT2D eigenvalue weighted by atomic mass is 9.85. The summed E-state index contributed by atoms with van der Waals surface area (Å²) in [6.07, 6.45) is 0.727. The maximum Gasteiger partial charge on any atom is 0.295 e. The number of ether oxygens (including phenoxy) is 2. The minimum Gasteiger partial charge on any atom is -0.507 e. The number of carbonyl (C=O) groups excluding carboxylic acids is 2. The number of likely N-dealkylation sites (tertiary alicyclic amines) is 1. The molecule has 2 heterocycles. The van der Waals surface area contributed by atoms with Crippen LogP contribution in [0.15, 0.2) is 48.0 Å². The number of carbonyl (C=O) groups is 2. The van der Waals surface area contributed by atoms with Crippen molar-refractivity contribution in [3.63, 3.8) is 0 Å². The van der Waals surface area contributed by atoms with Crippen LogP contribution in [0.1, 0.15) is 55.5 Å². The van der Waals surface area contributed by atoms with Gasteiger partial charge >= 0.3 is 0 Å². The first-order chi connectivity index (χ1) is 17.6. The minimum absolute atomic E-state index is 0.0291. The summed E-state index contributed by atoms with van der Waals surface area (Å²) in [7, 11) is 1.58. The lowest BCUT2D eigenvalue weighted by Crippen LogP contribution is -2.39. The monoisotopic (exact) mass is 506 g/mol. The van der Waals surface area contributed by atoms with Gasteiger partial charge in [0.25, 0.3) is 11.7 Å². The Morgan fingerprint density at radius 1 is 1.05 bits per heavy atom. The largest absolute Gasteiger partial charge is 0.507 e. The first-order valence-corrected chi connectivity index (χ1v) is 13.0. The Morgan fingerprint density at radius 2 is 1.73 bits per heavy atom. The Hall–Kier alpha value is -3.16. The number of Topliss-reactive ketones (excluding diaryl/α,β-unsaturated/α-hetero) is 1. The second-order valence-electron chi connectivity index (χ2n) is 10.9. The molecule has 0 spiro atoms. The molecule has 0 radical (unpaired) electrons. The molecule has 1 amide bonds. The van der Waals surface area contributed by atoms with Crippen molar-refractivity contribution in [2.24, 2.45) is 0 Å². The zero-order chi connectivity index (χ0) is 26.7. The van der Waals surface area contributed by atoms with Crippen molar-refractivity contribution in [2.45, 2.75) is 45.6 Å². The number of aliphatic hydroxyl groups is 1. The third-order valence-corrected chi connectivity index (χ3v) is 7.30. The smallest absolute Gasteiger partial charge is 0.295 e. The van der Waals surface area contributed by atoms with Crippen LogP contribution in [0.5, 0.6) is 5.75 Å². The van der Waals surface area contributed by atoms with Crippen LogP contribution in [0, 0.1) is 6.92 Å². The number of ketones is 1. The first-order valence-electron chi connectivity index (χ1n) is 13.0. The molecule has 1 N–H and O–H groups in total. The fourth-order valence-electron chi connectivity index (χ4n) is 5.09. The molecule has 198 valence electrons. The quantitative estimate of drug-likeness (QED) is 0.340. The van der Waals surface area contributed by atoms with E-state index in [2.05, 4.69) is 25.7 Å². The average Bonchev–Trinajstić information content (AvgIpc) is 3.13. The molecule has 4 rings (SSSR count). The number of aliphatic hydroxyl groups excluding tert-OH is 1. The van der Waals surface area contributed by atoms with Crippen LogP contribution in [0.3, 0.4) is 0 Å². The number of aryl methyl sites for hydroxylation is 1. The van der Waals surface area contributed by atoms with Crippen LogP contribution >= 0.6 is 0 Å². The normalized spacial score (nSPS) is 20.5. The minimum atomic E-state index is -0.653. The highest BCUT2D eigenvalue weighted by molar-refractivity contribution is 6.46. The summed E-state index contributed by atoms with van der Waals surface area (Å²) in [4.78, 5) is 30.6. The van der Waals surface area contributed by atoms with Crippen molar-refractivity contribution in [3.8, 4) is 5.75 Å². The summed E-state index contributed by atoms with van der Waals surface area (Å²) in [6.45, 7) is 12.7. The number of hydrogen-bond acceptors (Lipinski definition) is 6. The van der Waals surface area contributed by atoms with Gasteiger partial charge < -0.3 is 19.5 Å². The SMILES string of the molecule is COc1ccc(/C(O)=C2\C(=O)C(=O)N(CCCN3CCOCC3)[C@@H]2c2ccc(C(C)(C)C)cc2)c(C)c1. The first kappa shape index (κ1) is 26.9. The topological polar surface area (TPSA) is 79.3 Å². The summed E-state index contributed by atoms with van der Waals surface area (Å²) in [5.74, 6) is -0.713. The molecule has 2 fully saturated rings. The molecule has 37 heavy (non-hydrogen) atoms. The predicted molar refractivity (Wildman–Crippen MR) is 144 cm³/mol. The Balaban J connectivity index is 1.72. The average molecular weight is 507 g/mol. The summed E-state index contributed by atoms with van der Waals surface area (Å²) in [6, 6.07) is 12.7. The summed E-state index contributed by atoms with van der Waals surface area (Å²) in [5, 5.41) is 11.4. The van der Waals surface area contributed by atoms with E-state index in [0.29, 0.717) is 31.1 Å². The fraction of sp³-hybridized carbons (Fsp3) is 0.467. The van der Waals surface area contributed by atoms with Crippen LogP contribution < -0.4 is 4.74 Å². The van der Waals surface area contributed by atoms with E-state index < -0.39 is 17.7 Å². The fourth-order valence-corrected chi connectivity index (χ4v) is 5.09. The van der Waals surface area contributed by atoms with Crippen molar-refractivity contribution in [2.75, 3.05) is 46.5 Å². The van der Waals surface area contributed by atoms with Gasteiger partial charge in [-0.2, -0.15) is 0 Å². The number of morpholine rings is 1. The van der Waals surface area contributed by atoms with Gasteiger partial charge in [0.2, 0.25) is 0 Å². The van der Waals surface area contributed by atoms with Crippen molar-refractivity contribution >= 4 is 17.4 Å². The maximum absolute atomic E-state index is 13.4. The van der Waals surface area contributed by atoms with E-state index in [-0.39, 0.29) is 16.7 Å². The zero-order valence-electron chi connectivity index (χ0n) is 22.5. The predicted octanol–water partition coefficient (Wildman–Crippen LogP) is 4.45. The second-order valence-corrected chi connectivity index (χ2v) is 10.9. The molecule has 0 saturated carbocycles. The van der Waals surface area contributed by atoms with Crippen LogP contribution in [-0.2, 0) is 19.7 Å². The molecule has 0 unspecified atom stereocenters. The number of methoxy groups -OCH3 is 1. The maximum atomic E-state index is 13.4. The molecular weight excluding hydrogens is 468 g/mol. The highest BCUT2D eigenvalue weighted by Gasteiger charge is 2.46. The molecule has 2 aliphatic heterocycles. The van der Waals surface area contributed by atoms with Crippen molar-refractivity contribution in [3.05, 3.63) is 70.3 Å². The number of benzene rings is 2. The van der Waals surface area contributed by atoms with Crippen molar-refractivity contribution < 1.29 is 24.2 Å². The summed E-state index contributed by atoms with van der Waals surface area (Å²) in [5.41, 5.74) is 3.35. The number of amides is 1. The molecule has 7 nitrogen and oxygen atoms in total. The van der Waals surface area contributed by atoms with Gasteiger partial charge in [0, 0.05) is 31.7 Å². The van der Waals surface area contributed by atoms with E-state index in [1.54, 1.807) is 30.2 Å². The lowest BCUT2D eigenvalue weighted by molar-refractivity contribution is -0.140. The molecule has 2 aromatic carbocycles. The van der Waals surface area contributed by atoms with Crippen molar-refractivity contribution in [1.82, 2.24) is 9.80 Å². The van der Waals surface area contributed by atoms with Crippen LogP contribution in [0.2, 0.25) is 0 Å². The van der Waals surface area contributed by atoms with E-state index in [1.165, 1.54) is 0 Å². The Morgan fingerprint density at radius 3 is 2.32 bits per heavy atom. The second kappa shape index (κ2) is 11.1. The molecule has 7 heteroatoms. The van der Waals surface area contributed by atoms with Gasteiger partial charge in [-0.25, -0.2) is 0 Å². The lowest BCUT2D eigenvalue weighted by Gasteiger charge is -2.29. The zero-order valence-corrected chi connectivity index (χ0v) is 22.5. The van der Waals surface area contributed by atoms with Crippen LogP contribution in [-0.4, -0.2) is 73.1 Å². The van der Waals surface area contributed by atoms with Crippen molar-refractivity contribution in [1.29, 1.82) is 0 Å². The Bertz CT molecular complexity index is 1170. The highest BCUT2D eigenvalue weighted by atomic mass is 16.5. The van der Waals surface area contributed by atoms with E-state index in [9.17, 15) is 14.7 Å². The number of hydrogen-bond donors (Lipinski definition) is 1. The Labute approximate surface area is 219 Å². The molecular formula is C30H38N2O5. The number of nitrogens with zero attached hydrogens (tertiary/aromatic N) is 2. The van der Waals surface area contributed by atoms with Gasteiger partial charge in [0.15, 0.2) is 0 Å². The number of rotatable bonds is 7. The molecule has 0 aliphatic carbocycles. The van der Waals surface area contributed by atoms with E-state index in [0.717, 1.165) is 42.7 Å². The van der Waals surface area contributed by atoms with Gasteiger partial charge in [-0.05, 0) is 53.6 Å². The van der Waals surface area contributed by atoms with Crippen LogP contribution in [0.4, 0.5) is 0 Å². The van der Waals surface area contributed by atoms with Gasteiger partial charge in [0.1, 0.15) is 11.5 Å². The third-order valence-electron chi connectivity index (χ3n) is 7.30. The highest BCUT2D eigenvalue weighted by Crippen LogP contribution is 2.40. The third kappa shape index (κ3) is 5.73. The van der Waals surface area contributed by atoms with Gasteiger partial charge in [-0.3, -0.25) is 14.5 Å². The molecule has 0 aromatic heterocycles. The van der Waals surface area contributed by atoms with E-state index in [4.69, 9.17) is 9.47 Å². The van der Waals surface area contributed by atoms with Gasteiger partial charge in [0.05, 0.1) is 31.9 Å². The summed E-state index contributed by atoms with van der Waals surface area (Å²) < 4.78 is 10.7. The van der Waals surface area contributed by atoms with Gasteiger partial charge in [-0.1, -0.05) is 45.0 Å². The van der Waals surface area contributed by atoms with Crippen LogP contribution in [0.25, 0.3) is 5.76 Å². The summed E-state index contributed by atoms with van der Waals surface area (Å²) >= 11 is 0. The standard InChI is InChI=1S/C30H38N2O5/c1-20-19-23(36-5)11-12-24(20)27(33)25-26(21-7-9-22(10-8-21)30(2,3)4)32(29(35)28(25)34)14-6-13-31-15-17-37-18-16-31/h7-12,19,26,33H,6,13-18H2,1-5H3/b27-25+/t26-/m1/s1. The molecule has 1 atom stereocenters. The van der Waals surface area contributed by atoms with Gasteiger partial charge in [-0.15, -0.1) is 0 Å². The molecule has 2 aliphatic rings. The van der Waals surface area contributed by atoms with E-state index >= 15 is 0 Å². The van der Waals surface area contributed by atoms with E-state index in [1.807, 2.05) is 31.2 Å². The molecule has 0 bridgehead atoms. The Kier molecular flexibility index (Phi) is 8.05. The molecule has 2 aromatic rings. The molecule has 2 saturated heterocycles.